The van der Waals surface area contributed by atoms with E-state index < -0.39 is 6.04 Å². The summed E-state index contributed by atoms with van der Waals surface area (Å²) in [7, 11) is 0. The van der Waals surface area contributed by atoms with E-state index in [0.29, 0.717) is 32.7 Å². The summed E-state index contributed by atoms with van der Waals surface area (Å²) in [5, 5.41) is 5.56. The van der Waals surface area contributed by atoms with Gasteiger partial charge >= 0.3 is 0 Å². The largest absolute Gasteiger partial charge is 0.457 e. The molecule has 2 aliphatic rings. The first-order valence-corrected chi connectivity index (χ1v) is 10.5. The molecule has 0 radical (unpaired) electrons. The number of benzene rings is 2. The third-order valence-electron chi connectivity index (χ3n) is 5.46. The highest BCUT2D eigenvalue weighted by Crippen LogP contribution is 2.23. The van der Waals surface area contributed by atoms with Crippen LogP contribution in [-0.2, 0) is 20.9 Å². The molecule has 8 heteroatoms. The van der Waals surface area contributed by atoms with Crippen LogP contribution in [0.5, 0.6) is 11.5 Å². The Balaban J connectivity index is 1.43. The van der Waals surface area contributed by atoms with Crippen LogP contribution >= 0.6 is 0 Å². The highest BCUT2D eigenvalue weighted by Gasteiger charge is 2.33. The molecular formula is C23H26N4O4. The molecule has 0 bridgehead atoms. The van der Waals surface area contributed by atoms with Crippen molar-refractivity contribution in [2.75, 3.05) is 32.7 Å². The van der Waals surface area contributed by atoms with Gasteiger partial charge in [0.25, 0.3) is 0 Å². The Labute approximate surface area is 181 Å². The standard InChI is InChI=1S/C23H26N4O4/c28-21-16-27(12-9-24-21)22(29)14-20-23(30)25-10-11-26(20)15-17-5-4-8-19(13-17)31-18-6-2-1-3-7-18/h1-8,13,20H,9-12,14-16H2,(H,24,28)(H,25,30)/t20-/m1/s1. The lowest BCUT2D eigenvalue weighted by Crippen LogP contribution is -2.57. The van der Waals surface area contributed by atoms with E-state index in [1.165, 1.54) is 4.90 Å². The molecule has 4 rings (SSSR count). The number of piperazine rings is 2. The fraction of sp³-hybridized carbons (Fsp3) is 0.348. The lowest BCUT2D eigenvalue weighted by atomic mass is 10.1. The van der Waals surface area contributed by atoms with Gasteiger partial charge in [0.2, 0.25) is 17.7 Å². The Kier molecular flexibility index (Phi) is 6.47. The molecular weight excluding hydrogens is 396 g/mol. The Morgan fingerprint density at radius 1 is 0.968 bits per heavy atom. The minimum absolute atomic E-state index is 0.0477. The van der Waals surface area contributed by atoms with Gasteiger partial charge in [0.05, 0.1) is 19.0 Å². The molecule has 1 atom stereocenters. The van der Waals surface area contributed by atoms with E-state index in [1.54, 1.807) is 0 Å². The number of nitrogens with one attached hydrogen (secondary N) is 2. The molecule has 2 N–H and O–H groups in total. The summed E-state index contributed by atoms with van der Waals surface area (Å²) >= 11 is 0. The Hall–Kier alpha value is -3.39. The van der Waals surface area contributed by atoms with Gasteiger partial charge in [-0.3, -0.25) is 19.3 Å². The van der Waals surface area contributed by atoms with E-state index in [1.807, 2.05) is 59.5 Å². The van der Waals surface area contributed by atoms with Crippen LogP contribution in [0.25, 0.3) is 0 Å². The molecule has 3 amide bonds. The zero-order valence-electron chi connectivity index (χ0n) is 17.3. The van der Waals surface area contributed by atoms with E-state index in [0.717, 1.165) is 17.1 Å². The minimum Gasteiger partial charge on any atom is -0.457 e. The number of rotatable bonds is 6. The third kappa shape index (κ3) is 5.40. The quantitative estimate of drug-likeness (QED) is 0.728. The van der Waals surface area contributed by atoms with Gasteiger partial charge in [-0.25, -0.2) is 0 Å². The van der Waals surface area contributed by atoms with Gasteiger partial charge in [-0.05, 0) is 29.8 Å². The van der Waals surface area contributed by atoms with E-state index in [9.17, 15) is 14.4 Å². The zero-order valence-corrected chi connectivity index (χ0v) is 17.3. The number of nitrogens with zero attached hydrogens (tertiary/aromatic N) is 2. The van der Waals surface area contributed by atoms with Crippen molar-refractivity contribution in [3.8, 4) is 11.5 Å². The van der Waals surface area contributed by atoms with Gasteiger partial charge < -0.3 is 20.3 Å². The van der Waals surface area contributed by atoms with E-state index in [-0.39, 0.29) is 30.7 Å². The van der Waals surface area contributed by atoms with Crippen LogP contribution in [0.15, 0.2) is 54.6 Å². The predicted molar refractivity (Wildman–Crippen MR) is 114 cm³/mol. The maximum absolute atomic E-state index is 12.7. The highest BCUT2D eigenvalue weighted by atomic mass is 16.5. The summed E-state index contributed by atoms with van der Waals surface area (Å²) in [6.07, 6.45) is 0.0549. The lowest BCUT2D eigenvalue weighted by molar-refractivity contribution is -0.142. The summed E-state index contributed by atoms with van der Waals surface area (Å²) in [4.78, 5) is 40.4. The van der Waals surface area contributed by atoms with Gasteiger partial charge in [0.1, 0.15) is 11.5 Å². The van der Waals surface area contributed by atoms with Crippen molar-refractivity contribution in [3.05, 3.63) is 60.2 Å². The highest BCUT2D eigenvalue weighted by molar-refractivity contribution is 5.91. The second-order valence-electron chi connectivity index (χ2n) is 7.71. The molecule has 2 saturated heterocycles. The number of amides is 3. The SMILES string of the molecule is O=C1CN(C(=O)C[C@@H]2C(=O)NCCN2Cc2cccc(Oc3ccccc3)c2)CCN1. The monoisotopic (exact) mass is 422 g/mol. The van der Waals surface area contributed by atoms with Crippen molar-refractivity contribution in [1.29, 1.82) is 0 Å². The van der Waals surface area contributed by atoms with Crippen molar-refractivity contribution in [2.24, 2.45) is 0 Å². The zero-order chi connectivity index (χ0) is 21.6. The number of carbonyl (C=O) groups excluding carboxylic acids is 3. The van der Waals surface area contributed by atoms with Crippen molar-refractivity contribution < 1.29 is 19.1 Å². The van der Waals surface area contributed by atoms with Crippen LogP contribution in [0.2, 0.25) is 0 Å². The van der Waals surface area contributed by atoms with Crippen molar-refractivity contribution in [2.45, 2.75) is 19.0 Å². The Bertz CT molecular complexity index is 950. The summed E-state index contributed by atoms with van der Waals surface area (Å²) in [5.41, 5.74) is 0.998. The maximum atomic E-state index is 12.7. The average Bonchev–Trinajstić information content (AvgIpc) is 2.77. The first-order valence-electron chi connectivity index (χ1n) is 10.5. The number of hydrogen-bond donors (Lipinski definition) is 2. The molecule has 2 aliphatic heterocycles. The topological polar surface area (TPSA) is 91.0 Å². The number of para-hydroxylation sites is 1. The average molecular weight is 422 g/mol. The van der Waals surface area contributed by atoms with Crippen LogP contribution in [-0.4, -0.2) is 66.3 Å². The number of ether oxygens (including phenoxy) is 1. The summed E-state index contributed by atoms with van der Waals surface area (Å²) in [6.45, 7) is 2.67. The lowest BCUT2D eigenvalue weighted by Gasteiger charge is -2.36. The normalized spacial score (nSPS) is 19.5. The van der Waals surface area contributed by atoms with Crippen molar-refractivity contribution >= 4 is 17.7 Å². The molecule has 8 nitrogen and oxygen atoms in total. The van der Waals surface area contributed by atoms with Gasteiger partial charge in [-0.1, -0.05) is 30.3 Å². The van der Waals surface area contributed by atoms with Crippen LogP contribution in [0, 0.1) is 0 Å². The molecule has 2 aromatic rings. The minimum atomic E-state index is -0.565. The fourth-order valence-corrected chi connectivity index (χ4v) is 3.89. The van der Waals surface area contributed by atoms with Crippen LogP contribution in [0.3, 0.4) is 0 Å². The first kappa shape index (κ1) is 20.9. The van der Waals surface area contributed by atoms with Gasteiger partial charge in [-0.2, -0.15) is 0 Å². The van der Waals surface area contributed by atoms with Crippen LogP contribution in [0.4, 0.5) is 0 Å². The molecule has 31 heavy (non-hydrogen) atoms. The first-order chi connectivity index (χ1) is 15.1. The van der Waals surface area contributed by atoms with E-state index >= 15 is 0 Å². The van der Waals surface area contributed by atoms with Gasteiger partial charge in [0, 0.05) is 32.7 Å². The molecule has 162 valence electrons. The summed E-state index contributed by atoms with van der Waals surface area (Å²) in [5.74, 6) is 0.976. The molecule has 2 heterocycles. The van der Waals surface area contributed by atoms with E-state index in [2.05, 4.69) is 10.6 Å². The number of hydrogen-bond acceptors (Lipinski definition) is 5. The Morgan fingerprint density at radius 3 is 2.55 bits per heavy atom. The van der Waals surface area contributed by atoms with Gasteiger partial charge in [0.15, 0.2) is 0 Å². The van der Waals surface area contributed by atoms with Crippen molar-refractivity contribution in [1.82, 2.24) is 20.4 Å². The number of carbonyl (C=O) groups is 3. The molecule has 0 spiro atoms. The Morgan fingerprint density at radius 2 is 1.74 bits per heavy atom. The smallest absolute Gasteiger partial charge is 0.239 e. The maximum Gasteiger partial charge on any atom is 0.239 e. The molecule has 2 fully saturated rings. The molecule has 0 aromatic heterocycles. The predicted octanol–water partition coefficient (Wildman–Crippen LogP) is 1.13. The second kappa shape index (κ2) is 9.61. The molecule has 0 aliphatic carbocycles. The van der Waals surface area contributed by atoms with E-state index in [4.69, 9.17) is 4.74 Å². The summed E-state index contributed by atoms with van der Waals surface area (Å²) in [6, 6.07) is 16.7. The van der Waals surface area contributed by atoms with Crippen molar-refractivity contribution in [3.63, 3.8) is 0 Å². The van der Waals surface area contributed by atoms with Crippen LogP contribution < -0.4 is 15.4 Å². The molecule has 0 unspecified atom stereocenters. The van der Waals surface area contributed by atoms with Crippen LogP contribution in [0.1, 0.15) is 12.0 Å². The molecule has 2 aromatic carbocycles. The summed E-state index contributed by atoms with van der Waals surface area (Å²) < 4.78 is 5.91. The molecule has 0 saturated carbocycles. The third-order valence-corrected chi connectivity index (χ3v) is 5.46. The second-order valence-corrected chi connectivity index (χ2v) is 7.71. The fourth-order valence-electron chi connectivity index (χ4n) is 3.89. The van der Waals surface area contributed by atoms with Gasteiger partial charge in [-0.15, -0.1) is 0 Å².